The van der Waals surface area contributed by atoms with Crippen molar-refractivity contribution in [3.05, 3.63) is 28.2 Å². The van der Waals surface area contributed by atoms with Crippen LogP contribution < -0.4 is 10.6 Å². The number of anilines is 1. The molecule has 0 aliphatic heterocycles. The topological polar surface area (TPSA) is 61.8 Å². The Morgan fingerprint density at radius 3 is 2.74 bits per heavy atom. The molecular weight excluding hydrogens is 306 g/mol. The average molecular weight is 326 g/mol. The zero-order chi connectivity index (χ0) is 13.8. The number of oxime groups is 1. The van der Waals surface area contributed by atoms with E-state index in [0.717, 1.165) is 22.3 Å². The average Bonchev–Trinajstić information content (AvgIpc) is 2.93. The smallest absolute Gasteiger partial charge is 0.172 e. The largest absolute Gasteiger partial charge is 0.409 e. The van der Waals surface area contributed by atoms with Gasteiger partial charge in [0.1, 0.15) is 0 Å². The number of nitrogens with two attached hydrogens (primary N) is 1. The summed E-state index contributed by atoms with van der Waals surface area (Å²) in [7, 11) is 0. The molecule has 1 aromatic rings. The third kappa shape index (κ3) is 3.03. The van der Waals surface area contributed by atoms with Crippen LogP contribution >= 0.6 is 15.9 Å². The van der Waals surface area contributed by atoms with E-state index in [0.29, 0.717) is 6.04 Å². The van der Waals surface area contributed by atoms with E-state index in [1.54, 1.807) is 0 Å². The molecule has 2 rings (SSSR count). The summed E-state index contributed by atoms with van der Waals surface area (Å²) in [6, 6.07) is 6.42. The third-order valence-electron chi connectivity index (χ3n) is 3.76. The maximum atomic E-state index is 8.93. The van der Waals surface area contributed by atoms with Crippen molar-refractivity contribution in [3.63, 3.8) is 0 Å². The first-order chi connectivity index (χ1) is 9.17. The number of halogens is 1. The van der Waals surface area contributed by atoms with Crippen LogP contribution in [0.4, 0.5) is 5.69 Å². The summed E-state index contributed by atoms with van der Waals surface area (Å²) in [5, 5.41) is 12.1. The molecule has 0 saturated heterocycles. The molecule has 4 nitrogen and oxygen atoms in total. The van der Waals surface area contributed by atoms with Crippen LogP contribution in [0.15, 0.2) is 27.8 Å². The third-order valence-corrected chi connectivity index (χ3v) is 4.25. The van der Waals surface area contributed by atoms with E-state index in [4.69, 9.17) is 10.9 Å². The Hall–Kier alpha value is -1.23. The van der Waals surface area contributed by atoms with Crippen molar-refractivity contribution in [3.8, 4) is 0 Å². The fraction of sp³-hybridized carbons (Fsp3) is 0.500. The highest BCUT2D eigenvalue weighted by atomic mass is 79.9. The summed E-state index contributed by atoms with van der Waals surface area (Å²) < 4.78 is 1.01. The molecule has 19 heavy (non-hydrogen) atoms. The molecule has 1 aliphatic carbocycles. The van der Waals surface area contributed by atoms with Gasteiger partial charge in [0.05, 0.1) is 0 Å². The van der Waals surface area contributed by atoms with Gasteiger partial charge in [-0.1, -0.05) is 33.9 Å². The second kappa shape index (κ2) is 6.28. The number of benzene rings is 1. The molecule has 0 amide bonds. The van der Waals surface area contributed by atoms with Crippen molar-refractivity contribution >= 4 is 27.5 Å². The Labute approximate surface area is 122 Å². The number of amidine groups is 1. The summed E-state index contributed by atoms with van der Waals surface area (Å²) in [5.41, 5.74) is 7.63. The van der Waals surface area contributed by atoms with Crippen molar-refractivity contribution < 1.29 is 5.21 Å². The van der Waals surface area contributed by atoms with E-state index in [-0.39, 0.29) is 5.84 Å². The molecule has 104 valence electrons. The zero-order valence-corrected chi connectivity index (χ0v) is 12.7. The van der Waals surface area contributed by atoms with E-state index >= 15 is 0 Å². The predicted octanol–water partition coefficient (Wildman–Crippen LogP) is 3.31. The van der Waals surface area contributed by atoms with Gasteiger partial charge in [0.15, 0.2) is 5.84 Å². The fourth-order valence-electron chi connectivity index (χ4n) is 2.85. The second-order valence-electron chi connectivity index (χ2n) is 4.87. The minimum absolute atomic E-state index is 0.166. The van der Waals surface area contributed by atoms with Crippen molar-refractivity contribution in [2.24, 2.45) is 10.9 Å². The Bertz CT molecular complexity index is 470. The van der Waals surface area contributed by atoms with E-state index in [2.05, 4.69) is 39.0 Å². The molecule has 1 aromatic carbocycles. The SMILES string of the molecule is CCN(c1cc(Br)ccc1/C(N)=N/O)C1CCCC1. The summed E-state index contributed by atoms with van der Waals surface area (Å²) in [6.45, 7) is 3.07. The quantitative estimate of drug-likeness (QED) is 0.386. The molecule has 0 unspecified atom stereocenters. The number of hydrogen-bond acceptors (Lipinski definition) is 3. The molecule has 1 aliphatic rings. The van der Waals surface area contributed by atoms with Crippen molar-refractivity contribution in [2.75, 3.05) is 11.4 Å². The molecular formula is C14H20BrN3O. The van der Waals surface area contributed by atoms with Crippen molar-refractivity contribution in [1.82, 2.24) is 0 Å². The maximum Gasteiger partial charge on any atom is 0.172 e. The lowest BCUT2D eigenvalue weighted by atomic mass is 10.1. The summed E-state index contributed by atoms with van der Waals surface area (Å²) >= 11 is 3.50. The molecule has 0 spiro atoms. The highest BCUT2D eigenvalue weighted by Gasteiger charge is 2.24. The normalized spacial score (nSPS) is 16.8. The predicted molar refractivity (Wildman–Crippen MR) is 81.9 cm³/mol. The Balaban J connectivity index is 2.42. The van der Waals surface area contributed by atoms with Gasteiger partial charge in [0.2, 0.25) is 0 Å². The Kier molecular flexibility index (Phi) is 4.69. The highest BCUT2D eigenvalue weighted by Crippen LogP contribution is 2.32. The number of rotatable bonds is 4. The molecule has 1 fully saturated rings. The van der Waals surface area contributed by atoms with E-state index in [1.807, 2.05) is 12.1 Å². The van der Waals surface area contributed by atoms with Gasteiger partial charge >= 0.3 is 0 Å². The van der Waals surface area contributed by atoms with E-state index in [1.165, 1.54) is 25.7 Å². The van der Waals surface area contributed by atoms with Crippen molar-refractivity contribution in [2.45, 2.75) is 38.6 Å². The van der Waals surface area contributed by atoms with Crippen LogP contribution in [0, 0.1) is 0 Å². The van der Waals surface area contributed by atoms with E-state index in [9.17, 15) is 0 Å². The summed E-state index contributed by atoms with van der Waals surface area (Å²) in [4.78, 5) is 2.37. The Morgan fingerprint density at radius 1 is 1.47 bits per heavy atom. The van der Waals surface area contributed by atoms with Crippen LogP contribution in [0.5, 0.6) is 0 Å². The fourth-order valence-corrected chi connectivity index (χ4v) is 3.20. The van der Waals surface area contributed by atoms with Crippen molar-refractivity contribution in [1.29, 1.82) is 0 Å². The van der Waals surface area contributed by atoms with Crippen LogP contribution in [0.25, 0.3) is 0 Å². The minimum Gasteiger partial charge on any atom is -0.409 e. The summed E-state index contributed by atoms with van der Waals surface area (Å²) in [5.74, 6) is 0.166. The monoisotopic (exact) mass is 325 g/mol. The second-order valence-corrected chi connectivity index (χ2v) is 5.79. The molecule has 0 atom stereocenters. The first-order valence-corrected chi connectivity index (χ1v) is 7.50. The van der Waals surface area contributed by atoms with Gasteiger partial charge in [-0.3, -0.25) is 0 Å². The first-order valence-electron chi connectivity index (χ1n) is 6.71. The van der Waals surface area contributed by atoms with Gasteiger partial charge in [0, 0.05) is 28.3 Å². The lowest BCUT2D eigenvalue weighted by Crippen LogP contribution is -2.34. The summed E-state index contributed by atoms with van der Waals surface area (Å²) in [6.07, 6.45) is 5.01. The molecule has 1 saturated carbocycles. The Morgan fingerprint density at radius 2 is 2.16 bits per heavy atom. The molecule has 0 bridgehead atoms. The van der Waals surface area contributed by atoms with Gasteiger partial charge in [0.25, 0.3) is 0 Å². The zero-order valence-electron chi connectivity index (χ0n) is 11.1. The van der Waals surface area contributed by atoms with Crippen LogP contribution in [-0.2, 0) is 0 Å². The highest BCUT2D eigenvalue weighted by molar-refractivity contribution is 9.10. The molecule has 0 radical (unpaired) electrons. The maximum absolute atomic E-state index is 8.93. The lowest BCUT2D eigenvalue weighted by Gasteiger charge is -2.31. The van der Waals surface area contributed by atoms with E-state index < -0.39 is 0 Å². The van der Waals surface area contributed by atoms with Gasteiger partial charge in [-0.15, -0.1) is 0 Å². The molecule has 0 aromatic heterocycles. The van der Waals surface area contributed by atoms with Gasteiger partial charge < -0.3 is 15.8 Å². The first kappa shape index (κ1) is 14.2. The lowest BCUT2D eigenvalue weighted by molar-refractivity contribution is 0.318. The van der Waals surface area contributed by atoms with Gasteiger partial charge in [-0.2, -0.15) is 0 Å². The van der Waals surface area contributed by atoms with Crippen LogP contribution in [0.3, 0.4) is 0 Å². The number of nitrogens with zero attached hydrogens (tertiary/aromatic N) is 2. The molecule has 0 heterocycles. The standard InChI is InChI=1S/C14H20BrN3O/c1-2-18(11-5-3-4-6-11)13-9-10(15)7-8-12(13)14(16)17-19/h7-9,11,19H,2-6H2,1H3,(H2,16,17). The molecule has 5 heteroatoms. The van der Waals surface area contributed by atoms with Gasteiger partial charge in [-0.05, 0) is 38.0 Å². The number of hydrogen-bond donors (Lipinski definition) is 2. The van der Waals surface area contributed by atoms with Gasteiger partial charge in [-0.25, -0.2) is 0 Å². The van der Waals surface area contributed by atoms with Crippen LogP contribution in [0.2, 0.25) is 0 Å². The van der Waals surface area contributed by atoms with Crippen LogP contribution in [-0.4, -0.2) is 23.6 Å². The molecule has 3 N–H and O–H groups in total. The minimum atomic E-state index is 0.166. The van der Waals surface area contributed by atoms with Crippen LogP contribution in [0.1, 0.15) is 38.2 Å².